The highest BCUT2D eigenvalue weighted by atomic mass is 19.1. The zero-order valence-corrected chi connectivity index (χ0v) is 15.1. The topological polar surface area (TPSA) is 89.6 Å². The molecule has 0 aliphatic carbocycles. The standard InChI is InChI=1S/C21H19FN6/c22-18-12-24-8-6-16(18)21-27-19-13-25-9-7-17(19)20(28-21)26-11-15(23)10-14-4-2-1-3-5-14/h1-9,12-13,15H,10-11,23H2,(H,26,27,28)/t15-/m0/s1. The molecule has 4 rings (SSSR count). The molecule has 0 amide bonds. The fourth-order valence-electron chi connectivity index (χ4n) is 3.01. The highest BCUT2D eigenvalue weighted by molar-refractivity contribution is 5.89. The Bertz CT molecular complexity index is 1090. The van der Waals surface area contributed by atoms with Crippen LogP contribution < -0.4 is 11.1 Å². The minimum absolute atomic E-state index is 0.102. The van der Waals surface area contributed by atoms with Gasteiger partial charge in [0.1, 0.15) is 5.82 Å². The molecular formula is C21H19FN6. The van der Waals surface area contributed by atoms with Crippen molar-refractivity contribution in [3.8, 4) is 11.4 Å². The first-order valence-electron chi connectivity index (χ1n) is 8.96. The molecule has 6 nitrogen and oxygen atoms in total. The number of anilines is 1. The van der Waals surface area contributed by atoms with Crippen molar-refractivity contribution in [3.63, 3.8) is 0 Å². The van der Waals surface area contributed by atoms with E-state index in [4.69, 9.17) is 5.73 Å². The quantitative estimate of drug-likeness (QED) is 0.539. The fraction of sp³-hybridized carbons (Fsp3) is 0.143. The van der Waals surface area contributed by atoms with E-state index in [1.807, 2.05) is 24.3 Å². The van der Waals surface area contributed by atoms with Crippen LogP contribution in [0.3, 0.4) is 0 Å². The number of nitrogens with two attached hydrogens (primary N) is 1. The van der Waals surface area contributed by atoms with Gasteiger partial charge in [-0.25, -0.2) is 14.4 Å². The van der Waals surface area contributed by atoms with Gasteiger partial charge in [-0.05, 0) is 24.1 Å². The number of aromatic nitrogens is 4. The molecule has 0 saturated heterocycles. The van der Waals surface area contributed by atoms with Crippen LogP contribution in [0, 0.1) is 5.82 Å². The number of halogens is 1. The minimum atomic E-state index is -0.475. The molecule has 0 radical (unpaired) electrons. The summed E-state index contributed by atoms with van der Waals surface area (Å²) in [6, 6.07) is 13.4. The predicted molar refractivity (Wildman–Crippen MR) is 107 cm³/mol. The van der Waals surface area contributed by atoms with Crippen LogP contribution in [0.4, 0.5) is 10.2 Å². The van der Waals surface area contributed by atoms with Crippen LogP contribution in [0.1, 0.15) is 5.56 Å². The van der Waals surface area contributed by atoms with Crippen molar-refractivity contribution < 1.29 is 4.39 Å². The molecule has 3 N–H and O–H groups in total. The Kier molecular flexibility index (Phi) is 5.16. The Morgan fingerprint density at radius 1 is 0.964 bits per heavy atom. The van der Waals surface area contributed by atoms with Crippen molar-refractivity contribution in [1.82, 2.24) is 19.9 Å². The van der Waals surface area contributed by atoms with Gasteiger partial charge in [0.25, 0.3) is 0 Å². The van der Waals surface area contributed by atoms with Gasteiger partial charge in [-0.3, -0.25) is 9.97 Å². The first-order chi connectivity index (χ1) is 13.7. The number of rotatable bonds is 6. The molecule has 28 heavy (non-hydrogen) atoms. The Balaban J connectivity index is 1.61. The second kappa shape index (κ2) is 8.06. The molecular weight excluding hydrogens is 355 g/mol. The molecule has 7 heteroatoms. The monoisotopic (exact) mass is 374 g/mol. The third-order valence-corrected chi connectivity index (χ3v) is 4.38. The van der Waals surface area contributed by atoms with Crippen molar-refractivity contribution in [3.05, 3.63) is 78.6 Å². The lowest BCUT2D eigenvalue weighted by molar-refractivity contribution is 0.623. The summed E-state index contributed by atoms with van der Waals surface area (Å²) in [6.45, 7) is 0.515. The lowest BCUT2D eigenvalue weighted by atomic mass is 10.1. The number of nitrogens with zero attached hydrogens (tertiary/aromatic N) is 4. The van der Waals surface area contributed by atoms with Crippen molar-refractivity contribution in [2.45, 2.75) is 12.5 Å². The summed E-state index contributed by atoms with van der Waals surface area (Å²) in [4.78, 5) is 16.9. The molecule has 0 spiro atoms. The maximum atomic E-state index is 14.2. The molecule has 4 aromatic rings. The normalized spacial score (nSPS) is 12.1. The molecule has 0 aliphatic heterocycles. The van der Waals surface area contributed by atoms with Gasteiger partial charge < -0.3 is 11.1 Å². The molecule has 1 aromatic carbocycles. The average molecular weight is 374 g/mol. The highest BCUT2D eigenvalue weighted by Crippen LogP contribution is 2.25. The Hall–Kier alpha value is -3.45. The molecule has 0 unspecified atom stereocenters. The van der Waals surface area contributed by atoms with Gasteiger partial charge >= 0.3 is 0 Å². The summed E-state index contributed by atoms with van der Waals surface area (Å²) < 4.78 is 14.2. The summed E-state index contributed by atoms with van der Waals surface area (Å²) in [7, 11) is 0. The lowest BCUT2D eigenvalue weighted by Crippen LogP contribution is -2.31. The molecule has 0 bridgehead atoms. The van der Waals surface area contributed by atoms with Crippen LogP contribution in [0.15, 0.2) is 67.3 Å². The van der Waals surface area contributed by atoms with Gasteiger partial charge in [0, 0.05) is 30.4 Å². The average Bonchev–Trinajstić information content (AvgIpc) is 2.73. The fourth-order valence-corrected chi connectivity index (χ4v) is 3.01. The third kappa shape index (κ3) is 3.94. The molecule has 3 heterocycles. The van der Waals surface area contributed by atoms with Crippen molar-refractivity contribution >= 4 is 16.7 Å². The summed E-state index contributed by atoms with van der Waals surface area (Å²) in [5, 5.41) is 4.10. The summed E-state index contributed by atoms with van der Waals surface area (Å²) in [5.41, 5.74) is 8.38. The minimum Gasteiger partial charge on any atom is -0.368 e. The maximum absolute atomic E-state index is 14.2. The van der Waals surface area contributed by atoms with Gasteiger partial charge in [0.05, 0.1) is 23.5 Å². The van der Waals surface area contributed by atoms with E-state index in [0.717, 1.165) is 18.0 Å². The summed E-state index contributed by atoms with van der Waals surface area (Å²) in [5.74, 6) is 0.402. The lowest BCUT2D eigenvalue weighted by Gasteiger charge is -2.15. The number of hydrogen-bond acceptors (Lipinski definition) is 6. The predicted octanol–water partition coefficient (Wildman–Crippen LogP) is 3.21. The number of benzene rings is 1. The van der Waals surface area contributed by atoms with Crippen LogP contribution in [0.2, 0.25) is 0 Å². The van der Waals surface area contributed by atoms with Crippen molar-refractivity contribution in [2.75, 3.05) is 11.9 Å². The van der Waals surface area contributed by atoms with E-state index in [0.29, 0.717) is 17.9 Å². The number of pyridine rings is 2. The molecule has 140 valence electrons. The van der Waals surface area contributed by atoms with E-state index in [2.05, 4.69) is 37.4 Å². The first kappa shape index (κ1) is 17.9. The molecule has 0 aliphatic rings. The SMILES string of the molecule is N[C@H](CNc1nc(-c2ccncc2F)nc2cnccc12)Cc1ccccc1. The smallest absolute Gasteiger partial charge is 0.165 e. The zero-order valence-electron chi connectivity index (χ0n) is 15.1. The van der Waals surface area contributed by atoms with Gasteiger partial charge in [-0.15, -0.1) is 0 Å². The van der Waals surface area contributed by atoms with Crippen LogP contribution in [0.5, 0.6) is 0 Å². The van der Waals surface area contributed by atoms with Gasteiger partial charge in [-0.1, -0.05) is 30.3 Å². The summed E-state index contributed by atoms with van der Waals surface area (Å²) >= 11 is 0. The molecule has 3 aromatic heterocycles. The Morgan fingerprint density at radius 3 is 2.57 bits per heavy atom. The van der Waals surface area contributed by atoms with E-state index in [9.17, 15) is 4.39 Å². The zero-order chi connectivity index (χ0) is 19.3. The maximum Gasteiger partial charge on any atom is 0.165 e. The number of fused-ring (bicyclic) bond motifs is 1. The molecule has 0 fully saturated rings. The van der Waals surface area contributed by atoms with Crippen LogP contribution in [-0.2, 0) is 6.42 Å². The van der Waals surface area contributed by atoms with Crippen LogP contribution in [0.25, 0.3) is 22.3 Å². The Morgan fingerprint density at radius 2 is 1.75 bits per heavy atom. The first-order valence-corrected chi connectivity index (χ1v) is 8.96. The second-order valence-corrected chi connectivity index (χ2v) is 6.47. The Labute approximate surface area is 161 Å². The summed E-state index contributed by atoms with van der Waals surface area (Å²) in [6.07, 6.45) is 6.71. The van der Waals surface area contributed by atoms with Gasteiger partial charge in [-0.2, -0.15) is 0 Å². The van der Waals surface area contributed by atoms with Crippen LogP contribution in [-0.4, -0.2) is 32.5 Å². The van der Waals surface area contributed by atoms with Crippen molar-refractivity contribution in [2.24, 2.45) is 5.73 Å². The van der Waals surface area contributed by atoms with E-state index in [-0.39, 0.29) is 17.4 Å². The third-order valence-electron chi connectivity index (χ3n) is 4.38. The van der Waals surface area contributed by atoms with Gasteiger partial charge in [0.2, 0.25) is 0 Å². The highest BCUT2D eigenvalue weighted by Gasteiger charge is 2.13. The van der Waals surface area contributed by atoms with E-state index in [1.54, 1.807) is 18.5 Å². The molecule has 0 saturated carbocycles. The van der Waals surface area contributed by atoms with Crippen molar-refractivity contribution in [1.29, 1.82) is 0 Å². The van der Waals surface area contributed by atoms with E-state index < -0.39 is 5.82 Å². The number of nitrogens with one attached hydrogen (secondary N) is 1. The largest absolute Gasteiger partial charge is 0.368 e. The van der Waals surface area contributed by atoms with Crippen LogP contribution >= 0.6 is 0 Å². The number of hydrogen-bond donors (Lipinski definition) is 2. The molecule has 1 atom stereocenters. The van der Waals surface area contributed by atoms with Gasteiger partial charge in [0.15, 0.2) is 11.6 Å². The second-order valence-electron chi connectivity index (χ2n) is 6.47. The van der Waals surface area contributed by atoms with E-state index >= 15 is 0 Å². The van der Waals surface area contributed by atoms with E-state index in [1.165, 1.54) is 11.8 Å².